The molecule has 1 heterocycles. The van der Waals surface area contributed by atoms with Crippen LogP contribution in [0.1, 0.15) is 12.5 Å². The summed E-state index contributed by atoms with van der Waals surface area (Å²) < 4.78 is 6.94. The summed E-state index contributed by atoms with van der Waals surface area (Å²) in [6.45, 7) is 3.25. The van der Waals surface area contributed by atoms with Gasteiger partial charge in [-0.15, -0.1) is 0 Å². The normalized spacial score (nSPS) is 10.8. The van der Waals surface area contributed by atoms with Crippen molar-refractivity contribution in [3.8, 4) is 17.0 Å². The molecule has 6 heteroatoms. The van der Waals surface area contributed by atoms with Gasteiger partial charge < -0.3 is 10.1 Å². The smallest absolute Gasteiger partial charge is 0.253 e. The van der Waals surface area contributed by atoms with Gasteiger partial charge in [0.15, 0.2) is 0 Å². The zero-order chi connectivity index (χ0) is 22.3. The molecule has 1 N–H and O–H groups in total. The third-order valence-electron chi connectivity index (χ3n) is 5.25. The Kier molecular flexibility index (Phi) is 6.60. The van der Waals surface area contributed by atoms with Gasteiger partial charge in [0.2, 0.25) is 5.91 Å². The Bertz CT molecular complexity index is 1270. The van der Waals surface area contributed by atoms with E-state index in [0.717, 1.165) is 27.6 Å². The predicted octanol–water partition coefficient (Wildman–Crippen LogP) is 3.82. The molecule has 0 spiro atoms. The second-order valence-electron chi connectivity index (χ2n) is 7.43. The number of rotatable bonds is 8. The molecule has 0 saturated heterocycles. The molecule has 0 unspecified atom stereocenters. The van der Waals surface area contributed by atoms with Crippen LogP contribution in [-0.4, -0.2) is 28.6 Å². The number of amides is 1. The maximum atomic E-state index is 12.5. The summed E-state index contributed by atoms with van der Waals surface area (Å²) in [6, 6.07) is 23.0. The summed E-state index contributed by atoms with van der Waals surface area (Å²) in [7, 11) is 0. The van der Waals surface area contributed by atoms with E-state index in [4.69, 9.17) is 4.74 Å². The first-order valence-electron chi connectivity index (χ1n) is 10.7. The Labute approximate surface area is 186 Å². The minimum atomic E-state index is -0.160. The van der Waals surface area contributed by atoms with Gasteiger partial charge in [-0.2, -0.15) is 0 Å². The van der Waals surface area contributed by atoms with Gasteiger partial charge in [0.05, 0.1) is 25.0 Å². The number of fused-ring (bicyclic) bond motifs is 1. The number of hydrogen-bond donors (Lipinski definition) is 1. The fourth-order valence-corrected chi connectivity index (χ4v) is 3.64. The number of ether oxygens (including phenoxy) is 1. The zero-order valence-electron chi connectivity index (χ0n) is 18.0. The van der Waals surface area contributed by atoms with Crippen LogP contribution in [0.25, 0.3) is 22.0 Å². The highest BCUT2D eigenvalue weighted by Gasteiger charge is 2.08. The number of nitrogens with one attached hydrogen (secondary N) is 1. The van der Waals surface area contributed by atoms with Crippen LogP contribution in [0.2, 0.25) is 0 Å². The van der Waals surface area contributed by atoms with Crippen molar-refractivity contribution in [2.45, 2.75) is 19.9 Å². The van der Waals surface area contributed by atoms with Crippen molar-refractivity contribution >= 4 is 16.7 Å². The molecule has 4 rings (SSSR count). The second-order valence-corrected chi connectivity index (χ2v) is 7.43. The lowest BCUT2D eigenvalue weighted by Gasteiger charge is -2.10. The first-order valence-corrected chi connectivity index (χ1v) is 10.7. The Morgan fingerprint density at radius 2 is 1.81 bits per heavy atom. The standard InChI is InChI=1S/C26H25N3O3/c1-2-32-22-12-10-20(11-13-22)24-17-26(31)29(18-28-24)15-14-27-25(30)16-21-8-5-7-19-6-3-4-9-23(19)21/h3-13,17-18H,2,14-16H2,1H3,(H,27,30). The van der Waals surface area contributed by atoms with Gasteiger partial charge in [0.1, 0.15) is 5.75 Å². The summed E-state index contributed by atoms with van der Waals surface area (Å²) >= 11 is 0. The quantitative estimate of drug-likeness (QED) is 0.464. The number of nitrogens with zero attached hydrogens (tertiary/aromatic N) is 2. The summed E-state index contributed by atoms with van der Waals surface area (Å²) in [4.78, 5) is 29.3. The van der Waals surface area contributed by atoms with Crippen molar-refractivity contribution in [1.82, 2.24) is 14.9 Å². The Morgan fingerprint density at radius 3 is 2.59 bits per heavy atom. The van der Waals surface area contributed by atoms with E-state index in [0.29, 0.717) is 31.8 Å². The molecule has 162 valence electrons. The largest absolute Gasteiger partial charge is 0.494 e. The highest BCUT2D eigenvalue weighted by molar-refractivity contribution is 5.90. The van der Waals surface area contributed by atoms with Gasteiger partial charge in [-0.05, 0) is 47.5 Å². The molecule has 4 aromatic rings. The van der Waals surface area contributed by atoms with E-state index in [1.807, 2.05) is 73.7 Å². The van der Waals surface area contributed by atoms with E-state index in [-0.39, 0.29) is 11.5 Å². The number of hydrogen-bond acceptors (Lipinski definition) is 4. The van der Waals surface area contributed by atoms with E-state index in [1.165, 1.54) is 17.0 Å². The van der Waals surface area contributed by atoms with Crippen molar-refractivity contribution < 1.29 is 9.53 Å². The van der Waals surface area contributed by atoms with E-state index in [9.17, 15) is 9.59 Å². The lowest BCUT2D eigenvalue weighted by atomic mass is 10.0. The highest BCUT2D eigenvalue weighted by Crippen LogP contribution is 2.20. The van der Waals surface area contributed by atoms with Gasteiger partial charge in [0.25, 0.3) is 5.56 Å². The van der Waals surface area contributed by atoms with Crippen LogP contribution in [0.4, 0.5) is 0 Å². The number of carbonyl (C=O) groups is 1. The van der Waals surface area contributed by atoms with E-state index < -0.39 is 0 Å². The lowest BCUT2D eigenvalue weighted by molar-refractivity contribution is -0.120. The molecule has 3 aromatic carbocycles. The predicted molar refractivity (Wildman–Crippen MR) is 126 cm³/mol. The molecule has 0 aliphatic rings. The third-order valence-corrected chi connectivity index (χ3v) is 5.25. The average Bonchev–Trinajstić information content (AvgIpc) is 2.81. The van der Waals surface area contributed by atoms with Crippen LogP contribution >= 0.6 is 0 Å². The first kappa shape index (κ1) is 21.3. The average molecular weight is 428 g/mol. The van der Waals surface area contributed by atoms with Crippen LogP contribution in [0.3, 0.4) is 0 Å². The van der Waals surface area contributed by atoms with E-state index in [1.54, 1.807) is 0 Å². The SMILES string of the molecule is CCOc1ccc(-c2cc(=O)n(CCNC(=O)Cc3cccc4ccccc34)cn2)cc1. The van der Waals surface area contributed by atoms with Crippen LogP contribution in [0, 0.1) is 0 Å². The summed E-state index contributed by atoms with van der Waals surface area (Å²) in [6.07, 6.45) is 1.82. The molecule has 0 saturated carbocycles. The number of carbonyl (C=O) groups excluding carboxylic acids is 1. The van der Waals surface area contributed by atoms with Crippen molar-refractivity contribution in [2.75, 3.05) is 13.2 Å². The number of aromatic nitrogens is 2. The molecule has 32 heavy (non-hydrogen) atoms. The molecule has 6 nitrogen and oxygen atoms in total. The maximum absolute atomic E-state index is 12.5. The van der Waals surface area contributed by atoms with Crippen LogP contribution in [0.15, 0.2) is 83.9 Å². The van der Waals surface area contributed by atoms with Crippen molar-refractivity contribution in [3.63, 3.8) is 0 Å². The molecule has 0 bridgehead atoms. The Morgan fingerprint density at radius 1 is 1.03 bits per heavy atom. The number of benzene rings is 3. The maximum Gasteiger partial charge on any atom is 0.253 e. The fraction of sp³-hybridized carbons (Fsp3) is 0.192. The van der Waals surface area contributed by atoms with Crippen molar-refractivity contribution in [1.29, 1.82) is 0 Å². The molecular weight excluding hydrogens is 402 g/mol. The zero-order valence-corrected chi connectivity index (χ0v) is 18.0. The van der Waals surface area contributed by atoms with Gasteiger partial charge in [0, 0.05) is 24.7 Å². The van der Waals surface area contributed by atoms with Crippen LogP contribution in [-0.2, 0) is 17.8 Å². The van der Waals surface area contributed by atoms with Gasteiger partial charge >= 0.3 is 0 Å². The van der Waals surface area contributed by atoms with Gasteiger partial charge in [-0.1, -0.05) is 42.5 Å². The Balaban J connectivity index is 1.34. The molecule has 0 aliphatic heterocycles. The summed E-state index contributed by atoms with van der Waals surface area (Å²) in [5.74, 6) is 0.706. The Hall–Kier alpha value is -3.93. The summed E-state index contributed by atoms with van der Waals surface area (Å²) in [5, 5.41) is 5.09. The summed E-state index contributed by atoms with van der Waals surface area (Å²) in [5.41, 5.74) is 2.28. The van der Waals surface area contributed by atoms with Crippen LogP contribution in [0.5, 0.6) is 5.75 Å². The minimum absolute atomic E-state index is 0.0756. The van der Waals surface area contributed by atoms with Crippen molar-refractivity contribution in [2.24, 2.45) is 0 Å². The topological polar surface area (TPSA) is 73.2 Å². The highest BCUT2D eigenvalue weighted by atomic mass is 16.5. The third kappa shape index (κ3) is 5.03. The fourth-order valence-electron chi connectivity index (χ4n) is 3.64. The lowest BCUT2D eigenvalue weighted by Crippen LogP contribution is -2.31. The monoisotopic (exact) mass is 427 g/mol. The molecule has 0 radical (unpaired) electrons. The second kappa shape index (κ2) is 9.92. The van der Waals surface area contributed by atoms with Crippen molar-refractivity contribution in [3.05, 3.63) is 95.0 Å². The molecule has 0 fully saturated rings. The molecule has 1 aromatic heterocycles. The molecular formula is C26H25N3O3. The minimum Gasteiger partial charge on any atom is -0.494 e. The van der Waals surface area contributed by atoms with Gasteiger partial charge in [-0.25, -0.2) is 4.98 Å². The van der Waals surface area contributed by atoms with Crippen LogP contribution < -0.4 is 15.6 Å². The molecule has 1 amide bonds. The van der Waals surface area contributed by atoms with E-state index >= 15 is 0 Å². The van der Waals surface area contributed by atoms with E-state index in [2.05, 4.69) is 10.3 Å². The van der Waals surface area contributed by atoms with Gasteiger partial charge in [-0.3, -0.25) is 14.2 Å². The molecule has 0 atom stereocenters. The molecule has 0 aliphatic carbocycles. The first-order chi connectivity index (χ1) is 15.6.